The van der Waals surface area contributed by atoms with E-state index in [1.807, 2.05) is 75.4 Å². The van der Waals surface area contributed by atoms with Crippen LogP contribution in [0.4, 0.5) is 10.5 Å². The van der Waals surface area contributed by atoms with Crippen LogP contribution < -0.4 is 4.90 Å². The van der Waals surface area contributed by atoms with Gasteiger partial charge in [-0.05, 0) is 24.1 Å². The highest BCUT2D eigenvalue weighted by Crippen LogP contribution is 2.54. The van der Waals surface area contributed by atoms with E-state index in [0.29, 0.717) is 13.0 Å². The Labute approximate surface area is 171 Å². The van der Waals surface area contributed by atoms with Crippen LogP contribution in [0.5, 0.6) is 0 Å². The number of benzene rings is 2. The zero-order valence-corrected chi connectivity index (χ0v) is 17.1. The molecule has 0 spiro atoms. The van der Waals surface area contributed by atoms with Crippen molar-refractivity contribution >= 4 is 17.6 Å². The number of para-hydroxylation sites is 1. The molecule has 1 heterocycles. The van der Waals surface area contributed by atoms with E-state index >= 15 is 0 Å². The van der Waals surface area contributed by atoms with Crippen molar-refractivity contribution in [1.82, 2.24) is 0 Å². The number of fused-ring (bicyclic) bond motifs is 3. The molecule has 1 aliphatic carbocycles. The van der Waals surface area contributed by atoms with Crippen molar-refractivity contribution in [2.45, 2.75) is 51.9 Å². The van der Waals surface area contributed by atoms with E-state index in [1.54, 1.807) is 4.90 Å². The Morgan fingerprint density at radius 1 is 1.10 bits per heavy atom. The van der Waals surface area contributed by atoms with Gasteiger partial charge in [-0.3, -0.25) is 9.69 Å². The highest BCUT2D eigenvalue weighted by atomic mass is 16.6. The molecule has 29 heavy (non-hydrogen) atoms. The zero-order valence-electron chi connectivity index (χ0n) is 17.1. The first-order chi connectivity index (χ1) is 13.9. The van der Waals surface area contributed by atoms with Crippen LogP contribution in [0.1, 0.15) is 44.2 Å². The van der Waals surface area contributed by atoms with Crippen LogP contribution in [0.25, 0.3) is 0 Å². The first-order valence-electron chi connectivity index (χ1n) is 10.2. The summed E-state index contributed by atoms with van der Waals surface area (Å²) in [6.45, 7) is 6.52. The van der Waals surface area contributed by atoms with Gasteiger partial charge < -0.3 is 9.47 Å². The van der Waals surface area contributed by atoms with Gasteiger partial charge in [-0.15, -0.1) is 0 Å². The predicted molar refractivity (Wildman–Crippen MR) is 111 cm³/mol. The van der Waals surface area contributed by atoms with Gasteiger partial charge in [0.15, 0.2) is 0 Å². The molecule has 1 fully saturated rings. The molecule has 4 rings (SSSR count). The fourth-order valence-electron chi connectivity index (χ4n) is 4.76. The molecule has 0 aromatic heterocycles. The fraction of sp³-hybridized carbons (Fsp3) is 0.417. The number of amides is 1. The fourth-order valence-corrected chi connectivity index (χ4v) is 4.76. The van der Waals surface area contributed by atoms with Crippen molar-refractivity contribution < 1.29 is 19.1 Å². The molecule has 3 atom stereocenters. The number of ether oxygens (including phenoxy) is 2. The molecule has 2 aromatic carbocycles. The summed E-state index contributed by atoms with van der Waals surface area (Å²) in [5.41, 5.74) is 2.10. The second kappa shape index (κ2) is 7.64. The van der Waals surface area contributed by atoms with Crippen molar-refractivity contribution in [2.24, 2.45) is 5.41 Å². The Balaban J connectivity index is 1.70. The van der Waals surface area contributed by atoms with Crippen molar-refractivity contribution in [1.29, 1.82) is 0 Å². The largest absolute Gasteiger partial charge is 0.444 e. The van der Waals surface area contributed by atoms with Gasteiger partial charge in [0.25, 0.3) is 0 Å². The lowest BCUT2D eigenvalue weighted by Gasteiger charge is -2.45. The molecule has 0 bridgehead atoms. The maximum Gasteiger partial charge on any atom is 0.414 e. The third-order valence-electron chi connectivity index (χ3n) is 6.20. The lowest BCUT2D eigenvalue weighted by atomic mass is 9.65. The number of rotatable bonds is 4. The third kappa shape index (κ3) is 3.33. The van der Waals surface area contributed by atoms with Gasteiger partial charge in [-0.25, -0.2) is 4.79 Å². The predicted octanol–water partition coefficient (Wildman–Crippen LogP) is 4.70. The molecule has 5 nitrogen and oxygen atoms in total. The van der Waals surface area contributed by atoms with Gasteiger partial charge in [0.05, 0.1) is 17.8 Å². The van der Waals surface area contributed by atoms with Crippen LogP contribution in [0, 0.1) is 5.41 Å². The van der Waals surface area contributed by atoms with E-state index in [-0.39, 0.29) is 30.5 Å². The molecule has 2 aliphatic rings. The minimum absolute atomic E-state index is 0.0527. The molecule has 1 aliphatic heterocycles. The van der Waals surface area contributed by atoms with Gasteiger partial charge in [-0.2, -0.15) is 0 Å². The quantitative estimate of drug-likeness (QED) is 0.756. The van der Waals surface area contributed by atoms with Crippen LogP contribution in [0.15, 0.2) is 54.6 Å². The van der Waals surface area contributed by atoms with Crippen molar-refractivity contribution in [3.8, 4) is 0 Å². The highest BCUT2D eigenvalue weighted by Gasteiger charge is 2.58. The van der Waals surface area contributed by atoms with Crippen molar-refractivity contribution in [3.05, 3.63) is 65.7 Å². The Morgan fingerprint density at radius 3 is 2.52 bits per heavy atom. The minimum Gasteiger partial charge on any atom is -0.444 e. The standard InChI is InChI=1S/C24H27NO4/c1-4-28-19-14-20(26)24(2,3)22-21(19)17-12-8-9-13-18(17)25(22)23(27)29-15-16-10-6-5-7-11-16/h5-13,19,21-22H,4,14-15H2,1-3H3/t19-,21-,22-/m1/s1. The van der Waals surface area contributed by atoms with Crippen LogP contribution in [0.2, 0.25) is 0 Å². The van der Waals surface area contributed by atoms with Crippen molar-refractivity contribution in [2.75, 3.05) is 11.5 Å². The first kappa shape index (κ1) is 19.6. The molecule has 1 saturated carbocycles. The summed E-state index contributed by atoms with van der Waals surface area (Å²) >= 11 is 0. The molecule has 0 unspecified atom stereocenters. The Hall–Kier alpha value is -2.66. The van der Waals surface area contributed by atoms with Gasteiger partial charge in [0, 0.05) is 24.4 Å². The lowest BCUT2D eigenvalue weighted by molar-refractivity contribution is -0.137. The number of ketones is 1. The summed E-state index contributed by atoms with van der Waals surface area (Å²) in [6.07, 6.45) is -0.297. The molecular formula is C24H27NO4. The average molecular weight is 393 g/mol. The van der Waals surface area contributed by atoms with Crippen LogP contribution in [0.3, 0.4) is 0 Å². The van der Waals surface area contributed by atoms with E-state index in [1.165, 1.54) is 0 Å². The van der Waals surface area contributed by atoms with Crippen LogP contribution >= 0.6 is 0 Å². The minimum atomic E-state index is -0.691. The molecule has 2 aromatic rings. The number of Topliss-reactive ketones (excluding diaryl/α,β-unsaturated/α-hetero) is 1. The molecule has 0 N–H and O–H groups in total. The van der Waals surface area contributed by atoms with E-state index in [4.69, 9.17) is 9.47 Å². The molecule has 1 amide bonds. The monoisotopic (exact) mass is 393 g/mol. The number of carbonyl (C=O) groups is 2. The second-order valence-corrected chi connectivity index (χ2v) is 8.28. The summed E-state index contributed by atoms with van der Waals surface area (Å²) in [6, 6.07) is 17.1. The number of hydrogen-bond donors (Lipinski definition) is 0. The SMILES string of the molecule is CCO[C@@H]1CC(=O)C(C)(C)[C@H]2[C@@H]1c1ccccc1N2C(=O)OCc1ccccc1. The van der Waals surface area contributed by atoms with Gasteiger partial charge in [0.2, 0.25) is 0 Å². The smallest absolute Gasteiger partial charge is 0.414 e. The molecule has 5 heteroatoms. The molecule has 0 radical (unpaired) electrons. The van der Waals surface area contributed by atoms with Crippen molar-refractivity contribution in [3.63, 3.8) is 0 Å². The Morgan fingerprint density at radius 2 is 1.79 bits per heavy atom. The van der Waals surface area contributed by atoms with E-state index < -0.39 is 11.5 Å². The number of carbonyl (C=O) groups excluding carboxylic acids is 2. The second-order valence-electron chi connectivity index (χ2n) is 8.28. The lowest BCUT2D eigenvalue weighted by Crippen LogP contribution is -2.57. The molecule has 0 saturated heterocycles. The molecule has 152 valence electrons. The number of anilines is 1. The maximum atomic E-state index is 13.2. The van der Waals surface area contributed by atoms with Gasteiger partial charge >= 0.3 is 6.09 Å². The summed E-state index contributed by atoms with van der Waals surface area (Å²) in [5.74, 6) is 0.0639. The summed E-state index contributed by atoms with van der Waals surface area (Å²) < 4.78 is 11.7. The highest BCUT2D eigenvalue weighted by molar-refractivity contribution is 5.97. The topological polar surface area (TPSA) is 55.8 Å². The Kier molecular flexibility index (Phi) is 5.17. The van der Waals surface area contributed by atoms with Crippen LogP contribution in [-0.2, 0) is 20.9 Å². The summed E-state index contributed by atoms with van der Waals surface area (Å²) in [5, 5.41) is 0. The number of nitrogens with zero attached hydrogens (tertiary/aromatic N) is 1. The zero-order chi connectivity index (χ0) is 20.6. The van der Waals surface area contributed by atoms with E-state index in [9.17, 15) is 9.59 Å². The van der Waals surface area contributed by atoms with Crippen LogP contribution in [-0.4, -0.2) is 30.6 Å². The van der Waals surface area contributed by atoms with Gasteiger partial charge in [0.1, 0.15) is 12.4 Å². The average Bonchev–Trinajstić information content (AvgIpc) is 3.08. The Bertz CT molecular complexity index is 908. The molecular weight excluding hydrogens is 366 g/mol. The maximum absolute atomic E-state index is 13.2. The first-order valence-corrected chi connectivity index (χ1v) is 10.2. The summed E-state index contributed by atoms with van der Waals surface area (Å²) in [7, 11) is 0. The number of hydrogen-bond acceptors (Lipinski definition) is 4. The van der Waals surface area contributed by atoms with Gasteiger partial charge in [-0.1, -0.05) is 62.4 Å². The van der Waals surface area contributed by atoms with E-state index in [0.717, 1.165) is 16.8 Å². The third-order valence-corrected chi connectivity index (χ3v) is 6.20. The summed E-state index contributed by atoms with van der Waals surface area (Å²) in [4.78, 5) is 27.9. The normalized spacial score (nSPS) is 24.7. The van der Waals surface area contributed by atoms with E-state index in [2.05, 4.69) is 0 Å².